The molecule has 0 radical (unpaired) electrons. The molecule has 0 spiro atoms. The van der Waals surface area contributed by atoms with Gasteiger partial charge in [0, 0.05) is 18.4 Å². The highest BCUT2D eigenvalue weighted by Gasteiger charge is 2.15. The van der Waals surface area contributed by atoms with Crippen molar-refractivity contribution in [3.63, 3.8) is 0 Å². The number of aryl methyl sites for hydroxylation is 1. The zero-order valence-corrected chi connectivity index (χ0v) is 8.86. The van der Waals surface area contributed by atoms with Crippen LogP contribution >= 0.6 is 0 Å². The van der Waals surface area contributed by atoms with Crippen molar-refractivity contribution in [3.05, 3.63) is 11.8 Å². The largest absolute Gasteiger partial charge is 0.379 e. The molecule has 1 saturated heterocycles. The molecule has 1 aromatic heterocycles. The minimum atomic E-state index is 0.305. The highest BCUT2D eigenvalue weighted by atomic mass is 16.5. The Kier molecular flexibility index (Phi) is 3.01. The third kappa shape index (κ3) is 2.56. The van der Waals surface area contributed by atoms with Gasteiger partial charge in [0.1, 0.15) is 5.82 Å². The molecule has 1 aliphatic heterocycles. The summed E-state index contributed by atoms with van der Waals surface area (Å²) >= 11 is 0. The van der Waals surface area contributed by atoms with E-state index in [1.165, 1.54) is 0 Å². The lowest BCUT2D eigenvalue weighted by atomic mass is 10.1. The third-order valence-electron chi connectivity index (χ3n) is 2.49. The Morgan fingerprint density at radius 1 is 1.60 bits per heavy atom. The number of hydrogen-bond donors (Lipinski definition) is 2. The van der Waals surface area contributed by atoms with Crippen LogP contribution in [-0.2, 0) is 4.74 Å². The number of hydrogen-bond acceptors (Lipinski definition) is 5. The summed E-state index contributed by atoms with van der Waals surface area (Å²) < 4.78 is 5.39. The van der Waals surface area contributed by atoms with Crippen molar-refractivity contribution in [2.45, 2.75) is 25.8 Å². The molecule has 15 heavy (non-hydrogen) atoms. The maximum absolute atomic E-state index is 5.54. The van der Waals surface area contributed by atoms with Crippen LogP contribution in [0.3, 0.4) is 0 Å². The van der Waals surface area contributed by atoms with Crippen LogP contribution in [0.4, 0.5) is 11.8 Å². The summed E-state index contributed by atoms with van der Waals surface area (Å²) in [5.74, 6) is 1.12. The Labute approximate surface area is 89.1 Å². The standard InChI is InChI=1S/C10H16N4O/c1-7-5-12-10(11)14-9(7)13-8-3-2-4-15-6-8/h5,8H,2-4,6H2,1H3,(H3,11,12,13,14)/t8-/m1/s1. The van der Waals surface area contributed by atoms with E-state index in [0.29, 0.717) is 12.0 Å². The number of ether oxygens (including phenoxy) is 1. The van der Waals surface area contributed by atoms with Crippen molar-refractivity contribution in [1.29, 1.82) is 0 Å². The van der Waals surface area contributed by atoms with Gasteiger partial charge in [-0.15, -0.1) is 0 Å². The summed E-state index contributed by atoms with van der Waals surface area (Å²) in [5, 5.41) is 3.33. The summed E-state index contributed by atoms with van der Waals surface area (Å²) in [6.07, 6.45) is 3.94. The first kappa shape index (κ1) is 10.2. The zero-order valence-electron chi connectivity index (χ0n) is 8.86. The second kappa shape index (κ2) is 4.44. The molecule has 0 bridgehead atoms. The van der Waals surface area contributed by atoms with Crippen LogP contribution in [0, 0.1) is 6.92 Å². The highest BCUT2D eigenvalue weighted by molar-refractivity contribution is 5.45. The molecule has 5 heteroatoms. The van der Waals surface area contributed by atoms with E-state index in [1.54, 1.807) is 6.20 Å². The van der Waals surface area contributed by atoms with Crippen LogP contribution in [0.1, 0.15) is 18.4 Å². The Hall–Kier alpha value is -1.36. The van der Waals surface area contributed by atoms with E-state index in [-0.39, 0.29) is 0 Å². The van der Waals surface area contributed by atoms with Gasteiger partial charge >= 0.3 is 0 Å². The first-order valence-electron chi connectivity index (χ1n) is 5.19. The topological polar surface area (TPSA) is 73.1 Å². The highest BCUT2D eigenvalue weighted by Crippen LogP contribution is 2.16. The molecular formula is C10H16N4O. The summed E-state index contributed by atoms with van der Waals surface area (Å²) in [7, 11) is 0. The molecule has 0 amide bonds. The van der Waals surface area contributed by atoms with E-state index in [0.717, 1.165) is 37.4 Å². The summed E-state index contributed by atoms with van der Waals surface area (Å²) in [6, 6.07) is 0.340. The molecule has 2 rings (SSSR count). The number of nitrogen functional groups attached to an aromatic ring is 1. The molecular weight excluding hydrogens is 192 g/mol. The van der Waals surface area contributed by atoms with Crippen LogP contribution < -0.4 is 11.1 Å². The number of nitrogens with one attached hydrogen (secondary N) is 1. The van der Waals surface area contributed by atoms with Crippen molar-refractivity contribution >= 4 is 11.8 Å². The Balaban J connectivity index is 2.05. The van der Waals surface area contributed by atoms with Crippen LogP contribution in [0.5, 0.6) is 0 Å². The van der Waals surface area contributed by atoms with Crippen LogP contribution in [0.25, 0.3) is 0 Å². The van der Waals surface area contributed by atoms with Gasteiger partial charge in [0.2, 0.25) is 5.95 Å². The molecule has 3 N–H and O–H groups in total. The predicted molar refractivity (Wildman–Crippen MR) is 58.6 cm³/mol. The molecule has 82 valence electrons. The van der Waals surface area contributed by atoms with Crippen molar-refractivity contribution in [1.82, 2.24) is 9.97 Å². The van der Waals surface area contributed by atoms with Crippen molar-refractivity contribution < 1.29 is 4.74 Å². The Morgan fingerprint density at radius 2 is 2.47 bits per heavy atom. The minimum absolute atomic E-state index is 0.305. The van der Waals surface area contributed by atoms with E-state index in [2.05, 4.69) is 15.3 Å². The van der Waals surface area contributed by atoms with Crippen molar-refractivity contribution in [3.8, 4) is 0 Å². The molecule has 0 saturated carbocycles. The third-order valence-corrected chi connectivity index (χ3v) is 2.49. The number of nitrogens with zero attached hydrogens (tertiary/aromatic N) is 2. The van der Waals surface area contributed by atoms with E-state index in [1.807, 2.05) is 6.92 Å². The molecule has 1 aromatic rings. The van der Waals surface area contributed by atoms with Gasteiger partial charge in [0.05, 0.1) is 12.6 Å². The lowest BCUT2D eigenvalue weighted by molar-refractivity contribution is 0.0875. The van der Waals surface area contributed by atoms with E-state index < -0.39 is 0 Å². The number of rotatable bonds is 2. The molecule has 0 unspecified atom stereocenters. The molecule has 5 nitrogen and oxygen atoms in total. The summed E-state index contributed by atoms with van der Waals surface area (Å²) in [6.45, 7) is 3.57. The SMILES string of the molecule is Cc1cnc(N)nc1N[C@@H]1CCCOC1. The van der Waals surface area contributed by atoms with Gasteiger partial charge in [-0.2, -0.15) is 4.98 Å². The van der Waals surface area contributed by atoms with Crippen molar-refractivity contribution in [2.24, 2.45) is 0 Å². The van der Waals surface area contributed by atoms with Gasteiger partial charge in [-0.3, -0.25) is 0 Å². The maximum Gasteiger partial charge on any atom is 0.221 e. The fraction of sp³-hybridized carbons (Fsp3) is 0.600. The molecule has 0 aromatic carbocycles. The number of nitrogens with two attached hydrogens (primary N) is 1. The summed E-state index contributed by atoms with van der Waals surface area (Å²) in [5.41, 5.74) is 6.55. The van der Waals surface area contributed by atoms with Crippen LogP contribution in [0.15, 0.2) is 6.20 Å². The number of anilines is 2. The molecule has 1 fully saturated rings. The fourth-order valence-electron chi connectivity index (χ4n) is 1.65. The summed E-state index contributed by atoms with van der Waals surface area (Å²) in [4.78, 5) is 8.09. The average molecular weight is 208 g/mol. The Morgan fingerprint density at radius 3 is 3.20 bits per heavy atom. The normalized spacial score (nSPS) is 21.3. The van der Waals surface area contributed by atoms with Gasteiger partial charge < -0.3 is 15.8 Å². The smallest absolute Gasteiger partial charge is 0.221 e. The minimum Gasteiger partial charge on any atom is -0.379 e. The van der Waals surface area contributed by atoms with E-state index >= 15 is 0 Å². The van der Waals surface area contributed by atoms with E-state index in [9.17, 15) is 0 Å². The molecule has 1 aliphatic rings. The maximum atomic E-state index is 5.54. The molecule has 1 atom stereocenters. The second-order valence-electron chi connectivity index (χ2n) is 3.82. The van der Waals surface area contributed by atoms with Gasteiger partial charge in [0.25, 0.3) is 0 Å². The first-order chi connectivity index (χ1) is 7.25. The van der Waals surface area contributed by atoms with Crippen LogP contribution in [0.2, 0.25) is 0 Å². The second-order valence-corrected chi connectivity index (χ2v) is 3.82. The van der Waals surface area contributed by atoms with Gasteiger partial charge in [-0.25, -0.2) is 4.98 Å². The monoisotopic (exact) mass is 208 g/mol. The van der Waals surface area contributed by atoms with Gasteiger partial charge in [0.15, 0.2) is 0 Å². The fourth-order valence-corrected chi connectivity index (χ4v) is 1.65. The van der Waals surface area contributed by atoms with Gasteiger partial charge in [-0.05, 0) is 19.8 Å². The van der Waals surface area contributed by atoms with E-state index in [4.69, 9.17) is 10.5 Å². The van der Waals surface area contributed by atoms with Crippen LogP contribution in [-0.4, -0.2) is 29.2 Å². The predicted octanol–water partition coefficient (Wildman–Crippen LogP) is 0.958. The lowest BCUT2D eigenvalue weighted by Gasteiger charge is -2.24. The van der Waals surface area contributed by atoms with Gasteiger partial charge in [-0.1, -0.05) is 0 Å². The molecule has 2 heterocycles. The van der Waals surface area contributed by atoms with Crippen molar-refractivity contribution in [2.75, 3.05) is 24.3 Å². The average Bonchev–Trinajstić information content (AvgIpc) is 2.25. The molecule has 0 aliphatic carbocycles. The first-order valence-corrected chi connectivity index (χ1v) is 5.19. The zero-order chi connectivity index (χ0) is 10.7. The Bertz CT molecular complexity index is 336. The number of aromatic nitrogens is 2. The lowest BCUT2D eigenvalue weighted by Crippen LogP contribution is -2.30. The quantitative estimate of drug-likeness (QED) is 0.757.